The van der Waals surface area contributed by atoms with Gasteiger partial charge in [-0.15, -0.1) is 0 Å². The Balaban J connectivity index is 1.41. The van der Waals surface area contributed by atoms with Crippen LogP contribution < -0.4 is 4.90 Å². The number of para-hydroxylation sites is 1. The summed E-state index contributed by atoms with van der Waals surface area (Å²) in [6.07, 6.45) is 5.35. The number of benzene rings is 2. The van der Waals surface area contributed by atoms with Crippen molar-refractivity contribution in [1.82, 2.24) is 4.90 Å². The average molecular weight is 473 g/mol. The molecule has 2 amide bonds. The SMILES string of the molecule is O=C(c1ccc([N+](=O)[O-])cc1)[C@@H]1[C@@H]2C(=O)N(C[C@@H]3CCCO3)C(=O)[C@@H]2[C@H]2C=Cc3ccccc3N21. The first-order valence-electron chi connectivity index (χ1n) is 11.8. The van der Waals surface area contributed by atoms with Crippen molar-refractivity contribution in [2.45, 2.75) is 31.0 Å². The lowest BCUT2D eigenvalue weighted by atomic mass is 9.86. The maximum atomic E-state index is 13.9. The van der Waals surface area contributed by atoms with Crippen LogP contribution in [-0.4, -0.2) is 58.8 Å². The van der Waals surface area contributed by atoms with E-state index in [0.29, 0.717) is 6.61 Å². The van der Waals surface area contributed by atoms with E-state index in [1.807, 2.05) is 41.3 Å². The van der Waals surface area contributed by atoms with Gasteiger partial charge in [-0.3, -0.25) is 29.4 Å². The molecule has 9 nitrogen and oxygen atoms in total. The van der Waals surface area contributed by atoms with Crippen molar-refractivity contribution < 1.29 is 24.0 Å². The Morgan fingerprint density at radius 2 is 1.80 bits per heavy atom. The summed E-state index contributed by atoms with van der Waals surface area (Å²) in [5, 5.41) is 11.1. The minimum absolute atomic E-state index is 0.121. The fourth-order valence-corrected chi connectivity index (χ4v) is 5.97. The zero-order valence-corrected chi connectivity index (χ0v) is 18.8. The first-order chi connectivity index (χ1) is 17.0. The van der Waals surface area contributed by atoms with Gasteiger partial charge in [-0.1, -0.05) is 30.4 Å². The molecule has 6 rings (SSSR count). The minimum atomic E-state index is -0.900. The molecule has 4 aliphatic rings. The number of carbonyl (C=O) groups is 3. The molecule has 9 heteroatoms. The van der Waals surface area contributed by atoms with Crippen LogP contribution in [0, 0.1) is 22.0 Å². The summed E-state index contributed by atoms with van der Waals surface area (Å²) in [4.78, 5) is 54.9. The van der Waals surface area contributed by atoms with Crippen LogP contribution >= 0.6 is 0 Å². The Hall–Kier alpha value is -3.85. The summed E-state index contributed by atoms with van der Waals surface area (Å²) in [5.74, 6) is -2.47. The van der Waals surface area contributed by atoms with E-state index in [-0.39, 0.29) is 41.5 Å². The molecule has 2 aromatic carbocycles. The number of Topliss-reactive ketones (excluding diaryl/α,β-unsaturated/α-hetero) is 1. The third-order valence-corrected chi connectivity index (χ3v) is 7.55. The van der Waals surface area contributed by atoms with Gasteiger partial charge in [0.15, 0.2) is 5.78 Å². The molecule has 0 saturated carbocycles. The van der Waals surface area contributed by atoms with Crippen LogP contribution in [0.15, 0.2) is 54.6 Å². The number of imide groups is 1. The molecule has 3 fully saturated rings. The topological polar surface area (TPSA) is 110 Å². The quantitative estimate of drug-likeness (QED) is 0.284. The molecule has 35 heavy (non-hydrogen) atoms. The van der Waals surface area contributed by atoms with Crippen molar-refractivity contribution in [2.24, 2.45) is 11.8 Å². The molecule has 4 heterocycles. The number of fused-ring (bicyclic) bond motifs is 5. The van der Waals surface area contributed by atoms with E-state index >= 15 is 0 Å². The Labute approximate surface area is 201 Å². The van der Waals surface area contributed by atoms with Crippen LogP contribution in [0.1, 0.15) is 28.8 Å². The second-order valence-corrected chi connectivity index (χ2v) is 9.40. The predicted octanol–water partition coefficient (Wildman–Crippen LogP) is 2.84. The highest BCUT2D eigenvalue weighted by Crippen LogP contribution is 2.49. The normalized spacial score (nSPS) is 28.7. The highest BCUT2D eigenvalue weighted by Gasteiger charge is 2.64. The third kappa shape index (κ3) is 3.30. The molecule has 0 aromatic heterocycles. The third-order valence-electron chi connectivity index (χ3n) is 7.55. The molecule has 0 radical (unpaired) electrons. The Kier molecular flexibility index (Phi) is 5.03. The predicted molar refractivity (Wildman–Crippen MR) is 126 cm³/mol. The highest BCUT2D eigenvalue weighted by atomic mass is 16.6. The number of hydrogen-bond donors (Lipinski definition) is 0. The van der Waals surface area contributed by atoms with Gasteiger partial charge in [-0.05, 0) is 36.6 Å². The van der Waals surface area contributed by atoms with Gasteiger partial charge in [0, 0.05) is 30.0 Å². The number of rotatable bonds is 5. The van der Waals surface area contributed by atoms with Crippen molar-refractivity contribution in [2.75, 3.05) is 18.1 Å². The lowest BCUT2D eigenvalue weighted by molar-refractivity contribution is -0.384. The van der Waals surface area contributed by atoms with E-state index in [2.05, 4.69) is 0 Å². The van der Waals surface area contributed by atoms with E-state index in [1.165, 1.54) is 29.2 Å². The number of ether oxygens (including phenoxy) is 1. The van der Waals surface area contributed by atoms with Crippen LogP contribution in [0.5, 0.6) is 0 Å². The van der Waals surface area contributed by atoms with Crippen molar-refractivity contribution in [3.05, 3.63) is 75.8 Å². The lowest BCUT2D eigenvalue weighted by Gasteiger charge is -2.36. The van der Waals surface area contributed by atoms with Gasteiger partial charge in [-0.2, -0.15) is 0 Å². The number of nitro benzene ring substituents is 1. The van der Waals surface area contributed by atoms with Crippen LogP contribution in [0.3, 0.4) is 0 Å². The Morgan fingerprint density at radius 3 is 2.51 bits per heavy atom. The van der Waals surface area contributed by atoms with Gasteiger partial charge in [0.2, 0.25) is 11.8 Å². The maximum absolute atomic E-state index is 13.9. The summed E-state index contributed by atoms with van der Waals surface area (Å²) in [6.45, 7) is 0.820. The number of nitro groups is 1. The number of likely N-dealkylation sites (tertiary alicyclic amines) is 1. The molecule has 178 valence electrons. The summed E-state index contributed by atoms with van der Waals surface area (Å²) in [7, 11) is 0. The molecule has 0 bridgehead atoms. The second-order valence-electron chi connectivity index (χ2n) is 9.40. The summed E-state index contributed by atoms with van der Waals surface area (Å²) in [5.41, 5.74) is 1.84. The van der Waals surface area contributed by atoms with Crippen molar-refractivity contribution >= 4 is 35.0 Å². The molecule has 5 atom stereocenters. The number of carbonyl (C=O) groups excluding carboxylic acids is 3. The zero-order valence-electron chi connectivity index (χ0n) is 18.8. The zero-order chi connectivity index (χ0) is 24.3. The number of nitrogens with zero attached hydrogens (tertiary/aromatic N) is 3. The first kappa shape index (κ1) is 21.7. The van der Waals surface area contributed by atoms with E-state index in [1.54, 1.807) is 0 Å². The summed E-state index contributed by atoms with van der Waals surface area (Å²) < 4.78 is 5.67. The highest BCUT2D eigenvalue weighted by molar-refractivity contribution is 6.14. The van der Waals surface area contributed by atoms with Gasteiger partial charge in [0.1, 0.15) is 6.04 Å². The molecule has 0 unspecified atom stereocenters. The van der Waals surface area contributed by atoms with Gasteiger partial charge in [0.25, 0.3) is 5.69 Å². The fraction of sp³-hybridized carbons (Fsp3) is 0.346. The lowest BCUT2D eigenvalue weighted by Crippen LogP contribution is -2.49. The molecular formula is C26H23N3O6. The van der Waals surface area contributed by atoms with Crippen LogP contribution in [0.4, 0.5) is 11.4 Å². The second kappa shape index (κ2) is 8.13. The molecule has 2 aromatic rings. The van der Waals surface area contributed by atoms with Gasteiger partial charge in [0.05, 0.1) is 35.4 Å². The van der Waals surface area contributed by atoms with E-state index < -0.39 is 28.8 Å². The molecule has 3 saturated heterocycles. The monoisotopic (exact) mass is 473 g/mol. The number of non-ortho nitro benzene ring substituents is 1. The molecule has 0 aliphatic carbocycles. The summed E-state index contributed by atoms with van der Waals surface area (Å²) >= 11 is 0. The van der Waals surface area contributed by atoms with Crippen LogP contribution in [-0.2, 0) is 14.3 Å². The Bertz CT molecular complexity index is 1270. The molecule has 0 N–H and O–H groups in total. The first-order valence-corrected chi connectivity index (χ1v) is 11.8. The Morgan fingerprint density at radius 1 is 1.06 bits per heavy atom. The summed E-state index contributed by atoms with van der Waals surface area (Å²) in [6, 6.07) is 11.6. The molecular weight excluding hydrogens is 450 g/mol. The number of hydrogen-bond acceptors (Lipinski definition) is 7. The van der Waals surface area contributed by atoms with Crippen LogP contribution in [0.25, 0.3) is 6.08 Å². The fourth-order valence-electron chi connectivity index (χ4n) is 5.97. The van der Waals surface area contributed by atoms with E-state index in [0.717, 1.165) is 24.1 Å². The minimum Gasteiger partial charge on any atom is -0.376 e. The number of amides is 2. The van der Waals surface area contributed by atoms with Gasteiger partial charge >= 0.3 is 0 Å². The maximum Gasteiger partial charge on any atom is 0.269 e. The number of anilines is 1. The molecule has 0 spiro atoms. The van der Waals surface area contributed by atoms with E-state index in [9.17, 15) is 24.5 Å². The smallest absolute Gasteiger partial charge is 0.269 e. The van der Waals surface area contributed by atoms with Crippen LogP contribution in [0.2, 0.25) is 0 Å². The molecule has 4 aliphatic heterocycles. The van der Waals surface area contributed by atoms with Gasteiger partial charge < -0.3 is 9.64 Å². The van der Waals surface area contributed by atoms with Gasteiger partial charge in [-0.25, -0.2) is 0 Å². The van der Waals surface area contributed by atoms with E-state index in [4.69, 9.17) is 4.74 Å². The van der Waals surface area contributed by atoms with Crippen molar-refractivity contribution in [3.63, 3.8) is 0 Å². The van der Waals surface area contributed by atoms with Crippen molar-refractivity contribution in [3.8, 4) is 0 Å². The standard InChI is InChI=1S/C26H23N3O6/c30-24(16-7-10-17(11-8-16)29(33)34)23-22-21(20-12-9-15-4-1-2-6-19(15)28(20)23)25(31)27(26(22)32)14-18-5-3-13-35-18/h1-2,4,6-12,18,20-23H,3,5,13-14H2/t18-,20+,21+,22+,23-/m0/s1. The number of ketones is 1. The average Bonchev–Trinajstić information content (AvgIpc) is 3.57. The van der Waals surface area contributed by atoms with Crippen molar-refractivity contribution in [1.29, 1.82) is 0 Å². The largest absolute Gasteiger partial charge is 0.376 e.